The van der Waals surface area contributed by atoms with Crippen molar-refractivity contribution in [1.82, 2.24) is 9.80 Å². The molecule has 2 fully saturated rings. The second-order valence-electron chi connectivity index (χ2n) is 6.96. The van der Waals surface area contributed by atoms with E-state index in [9.17, 15) is 22.8 Å². The van der Waals surface area contributed by atoms with Gasteiger partial charge in [-0.2, -0.15) is 0 Å². The number of halogens is 1. The summed E-state index contributed by atoms with van der Waals surface area (Å²) in [6.07, 6.45) is 1.43. The number of amides is 2. The molecule has 0 N–H and O–H groups in total. The van der Waals surface area contributed by atoms with E-state index in [1.54, 1.807) is 4.90 Å². The van der Waals surface area contributed by atoms with Gasteiger partial charge in [-0.25, -0.2) is 18.0 Å². The molecule has 3 rings (SSSR count). The van der Waals surface area contributed by atoms with Crippen LogP contribution in [0.4, 0.5) is 4.79 Å². The van der Waals surface area contributed by atoms with Gasteiger partial charge in [-0.3, -0.25) is 9.69 Å². The van der Waals surface area contributed by atoms with Crippen LogP contribution in [0.3, 0.4) is 0 Å². The minimum absolute atomic E-state index is 0.0409. The second kappa shape index (κ2) is 8.19. The summed E-state index contributed by atoms with van der Waals surface area (Å²) in [6.45, 7) is 0.656. The molecule has 2 heterocycles. The number of rotatable bonds is 4. The molecule has 0 unspecified atom stereocenters. The lowest BCUT2D eigenvalue weighted by Gasteiger charge is -2.37. The Hall–Kier alpha value is -2.33. The Morgan fingerprint density at radius 3 is 2.45 bits per heavy atom. The summed E-state index contributed by atoms with van der Waals surface area (Å²) in [6, 6.07) is 2.98. The van der Waals surface area contributed by atoms with Crippen LogP contribution in [-0.4, -0.2) is 81.3 Å². The molecule has 9 nitrogen and oxygen atoms in total. The van der Waals surface area contributed by atoms with Crippen molar-refractivity contribution in [2.24, 2.45) is 0 Å². The molecule has 0 aromatic heterocycles. The van der Waals surface area contributed by atoms with Crippen LogP contribution in [0.1, 0.15) is 23.2 Å². The number of esters is 1. The van der Waals surface area contributed by atoms with Gasteiger partial charge < -0.3 is 14.4 Å². The van der Waals surface area contributed by atoms with Crippen LogP contribution in [0.5, 0.6) is 0 Å². The Bertz CT molecular complexity index is 942. The number of benzene rings is 1. The zero-order chi connectivity index (χ0) is 21.3. The summed E-state index contributed by atoms with van der Waals surface area (Å²) in [7, 11) is -2.17. The number of hydrogen-bond acceptors (Lipinski definition) is 7. The lowest BCUT2D eigenvalue weighted by atomic mass is 10.0. The van der Waals surface area contributed by atoms with E-state index in [1.165, 1.54) is 30.2 Å². The van der Waals surface area contributed by atoms with Crippen LogP contribution in [0.2, 0.25) is 5.02 Å². The maximum atomic E-state index is 12.8. The number of carbonyl (C=O) groups is 3. The van der Waals surface area contributed by atoms with Gasteiger partial charge in [0.05, 0.1) is 22.6 Å². The first-order valence-electron chi connectivity index (χ1n) is 8.95. The van der Waals surface area contributed by atoms with Crippen molar-refractivity contribution in [2.45, 2.75) is 29.8 Å². The molecule has 1 aromatic rings. The molecule has 1 aromatic carbocycles. The standard InChI is InChI=1S/C18H21ClN2O7S/c1-27-17(23)15-10-28-18(24)21(15)11-5-7-20(8-6-11)16(22)13-4-3-12(9-14(13)19)29(2,25)26/h3-4,9,11,15H,5-8,10H2,1-2H3/t15-/m1/s1. The Morgan fingerprint density at radius 1 is 1.24 bits per heavy atom. The van der Waals surface area contributed by atoms with Gasteiger partial charge in [0.25, 0.3) is 5.91 Å². The third-order valence-corrected chi connectivity index (χ3v) is 6.55. The van der Waals surface area contributed by atoms with E-state index >= 15 is 0 Å². The first kappa shape index (κ1) is 21.4. The predicted molar refractivity (Wildman–Crippen MR) is 102 cm³/mol. The number of hydrogen-bond donors (Lipinski definition) is 0. The quantitative estimate of drug-likeness (QED) is 0.644. The van der Waals surface area contributed by atoms with E-state index in [0.717, 1.165) is 6.26 Å². The fraction of sp³-hybridized carbons (Fsp3) is 0.500. The molecule has 0 aliphatic carbocycles. The van der Waals surface area contributed by atoms with Crippen molar-refractivity contribution in [3.05, 3.63) is 28.8 Å². The highest BCUT2D eigenvalue weighted by Gasteiger charge is 2.44. The van der Waals surface area contributed by atoms with Crippen molar-refractivity contribution in [3.63, 3.8) is 0 Å². The molecule has 0 radical (unpaired) electrons. The van der Waals surface area contributed by atoms with Gasteiger partial charge in [0.15, 0.2) is 15.9 Å². The van der Waals surface area contributed by atoms with Gasteiger partial charge in [-0.1, -0.05) is 11.6 Å². The summed E-state index contributed by atoms with van der Waals surface area (Å²) >= 11 is 6.14. The van der Waals surface area contributed by atoms with Crippen LogP contribution in [0.15, 0.2) is 23.1 Å². The van der Waals surface area contributed by atoms with Gasteiger partial charge in [0.2, 0.25) is 0 Å². The molecule has 29 heavy (non-hydrogen) atoms. The van der Waals surface area contributed by atoms with Gasteiger partial charge >= 0.3 is 12.1 Å². The van der Waals surface area contributed by atoms with E-state index in [4.69, 9.17) is 21.1 Å². The normalized spacial score (nSPS) is 20.5. The highest BCUT2D eigenvalue weighted by atomic mass is 35.5. The number of sulfone groups is 1. The third kappa shape index (κ3) is 4.32. The number of piperidine rings is 1. The molecule has 2 amide bonds. The summed E-state index contributed by atoms with van der Waals surface area (Å²) in [5.74, 6) is -0.853. The average molecular weight is 445 g/mol. The number of carbonyl (C=O) groups excluding carboxylic acids is 3. The zero-order valence-electron chi connectivity index (χ0n) is 16.0. The topological polar surface area (TPSA) is 110 Å². The van der Waals surface area contributed by atoms with Crippen molar-refractivity contribution >= 4 is 39.4 Å². The van der Waals surface area contributed by atoms with E-state index in [2.05, 4.69) is 0 Å². The van der Waals surface area contributed by atoms with Crippen LogP contribution < -0.4 is 0 Å². The first-order valence-corrected chi connectivity index (χ1v) is 11.2. The SMILES string of the molecule is COC(=O)[C@H]1COC(=O)N1C1CCN(C(=O)c2ccc(S(C)(=O)=O)cc2Cl)CC1. The minimum atomic E-state index is -3.43. The van der Waals surface area contributed by atoms with Crippen molar-refractivity contribution in [1.29, 1.82) is 0 Å². The second-order valence-corrected chi connectivity index (χ2v) is 9.38. The third-order valence-electron chi connectivity index (χ3n) is 5.13. The van der Waals surface area contributed by atoms with Crippen LogP contribution in [-0.2, 0) is 24.1 Å². The highest BCUT2D eigenvalue weighted by Crippen LogP contribution is 2.27. The minimum Gasteiger partial charge on any atom is -0.467 e. The Labute approximate surface area is 173 Å². The lowest BCUT2D eigenvalue weighted by molar-refractivity contribution is -0.145. The molecule has 11 heteroatoms. The summed E-state index contributed by atoms with van der Waals surface area (Å²) in [5.41, 5.74) is 0.213. The lowest BCUT2D eigenvalue weighted by Crippen LogP contribution is -2.52. The number of cyclic esters (lactones) is 1. The van der Waals surface area contributed by atoms with Crippen molar-refractivity contribution < 1.29 is 32.3 Å². The molecule has 0 saturated carbocycles. The maximum absolute atomic E-state index is 12.8. The van der Waals surface area contributed by atoms with Crippen molar-refractivity contribution in [3.8, 4) is 0 Å². The van der Waals surface area contributed by atoms with E-state index in [1.807, 2.05) is 0 Å². The zero-order valence-corrected chi connectivity index (χ0v) is 17.5. The highest BCUT2D eigenvalue weighted by molar-refractivity contribution is 7.90. The van der Waals surface area contributed by atoms with Crippen LogP contribution in [0.25, 0.3) is 0 Å². The van der Waals surface area contributed by atoms with Crippen LogP contribution in [0, 0.1) is 0 Å². The summed E-state index contributed by atoms with van der Waals surface area (Å²) in [4.78, 5) is 39.8. The van der Waals surface area contributed by atoms with E-state index < -0.39 is 27.9 Å². The number of methoxy groups -OCH3 is 1. The number of ether oxygens (including phenoxy) is 2. The fourth-order valence-electron chi connectivity index (χ4n) is 3.57. The predicted octanol–water partition coefficient (Wildman–Crippen LogP) is 1.34. The average Bonchev–Trinajstić information content (AvgIpc) is 3.07. The Kier molecular flexibility index (Phi) is 6.04. The monoisotopic (exact) mass is 444 g/mol. The number of nitrogens with zero attached hydrogens (tertiary/aromatic N) is 2. The molecular weight excluding hydrogens is 424 g/mol. The molecular formula is C18H21ClN2O7S. The summed E-state index contributed by atoms with van der Waals surface area (Å²) < 4.78 is 33.0. The summed E-state index contributed by atoms with van der Waals surface area (Å²) in [5, 5.41) is 0.0638. The molecule has 0 bridgehead atoms. The molecule has 158 valence electrons. The Morgan fingerprint density at radius 2 is 1.90 bits per heavy atom. The first-order chi connectivity index (χ1) is 13.6. The van der Waals surface area contributed by atoms with Gasteiger partial charge in [0.1, 0.15) is 6.61 Å². The van der Waals surface area contributed by atoms with Crippen molar-refractivity contribution in [2.75, 3.05) is 33.1 Å². The van der Waals surface area contributed by atoms with Crippen LogP contribution >= 0.6 is 11.6 Å². The fourth-order valence-corrected chi connectivity index (χ4v) is 4.54. The maximum Gasteiger partial charge on any atom is 0.410 e. The molecule has 1 atom stereocenters. The van der Waals surface area contributed by atoms with E-state index in [0.29, 0.717) is 25.9 Å². The Balaban J connectivity index is 1.68. The molecule has 2 aliphatic heterocycles. The van der Waals surface area contributed by atoms with Gasteiger partial charge in [-0.05, 0) is 31.0 Å². The smallest absolute Gasteiger partial charge is 0.410 e. The molecule has 2 aliphatic rings. The largest absolute Gasteiger partial charge is 0.467 e. The number of likely N-dealkylation sites (tertiary alicyclic amines) is 1. The van der Waals surface area contributed by atoms with Gasteiger partial charge in [-0.15, -0.1) is 0 Å². The van der Waals surface area contributed by atoms with E-state index in [-0.39, 0.29) is 34.0 Å². The van der Waals surface area contributed by atoms with Gasteiger partial charge in [0, 0.05) is 25.4 Å². The molecule has 2 saturated heterocycles. The molecule has 0 spiro atoms.